The van der Waals surface area contributed by atoms with Crippen LogP contribution in [0.15, 0.2) is 53.7 Å². The van der Waals surface area contributed by atoms with Crippen LogP contribution in [-0.4, -0.2) is 42.7 Å². The van der Waals surface area contributed by atoms with Crippen molar-refractivity contribution in [2.45, 2.75) is 55.9 Å². The van der Waals surface area contributed by atoms with Crippen LogP contribution in [0.4, 0.5) is 0 Å². The Bertz CT molecular complexity index is 974. The summed E-state index contributed by atoms with van der Waals surface area (Å²) in [4.78, 5) is 16.8. The zero-order valence-corrected chi connectivity index (χ0v) is 18.4. The second-order valence-corrected chi connectivity index (χ2v) is 10.2. The van der Waals surface area contributed by atoms with Crippen LogP contribution in [-0.2, 0) is 14.8 Å². The van der Waals surface area contributed by atoms with Crippen molar-refractivity contribution in [3.8, 4) is 11.5 Å². The molecule has 0 bridgehead atoms. The van der Waals surface area contributed by atoms with Crippen molar-refractivity contribution in [1.82, 2.24) is 14.6 Å². The van der Waals surface area contributed by atoms with Crippen LogP contribution in [0.25, 0.3) is 0 Å². The summed E-state index contributed by atoms with van der Waals surface area (Å²) in [6.45, 7) is 0.781. The summed E-state index contributed by atoms with van der Waals surface area (Å²) in [5, 5.41) is 3.11. The van der Waals surface area contributed by atoms with Gasteiger partial charge >= 0.3 is 0 Å². The summed E-state index contributed by atoms with van der Waals surface area (Å²) in [7, 11) is -3.63. The fourth-order valence-electron chi connectivity index (χ4n) is 4.33. The summed E-state index contributed by atoms with van der Waals surface area (Å²) >= 11 is 0. The molecule has 2 aliphatic rings. The minimum absolute atomic E-state index is 0.0775. The van der Waals surface area contributed by atoms with Crippen molar-refractivity contribution in [2.24, 2.45) is 5.92 Å². The summed E-state index contributed by atoms with van der Waals surface area (Å²) in [5.74, 6) is 1.36. The fourth-order valence-corrected chi connectivity index (χ4v) is 5.86. The molecule has 1 aliphatic heterocycles. The van der Waals surface area contributed by atoms with E-state index in [-0.39, 0.29) is 22.8 Å². The molecule has 1 saturated carbocycles. The predicted molar refractivity (Wildman–Crippen MR) is 117 cm³/mol. The maximum Gasteiger partial charge on any atom is 0.243 e. The van der Waals surface area contributed by atoms with Crippen molar-refractivity contribution in [2.75, 3.05) is 13.1 Å². The number of ether oxygens (including phenoxy) is 1. The molecule has 0 radical (unpaired) electrons. The van der Waals surface area contributed by atoms with Gasteiger partial charge in [-0.15, -0.1) is 0 Å². The number of nitrogens with one attached hydrogen (secondary N) is 1. The number of aromatic nitrogens is 1. The summed E-state index contributed by atoms with van der Waals surface area (Å²) < 4.78 is 33.5. The number of pyridine rings is 1. The molecule has 1 aliphatic carbocycles. The second kappa shape index (κ2) is 9.78. The van der Waals surface area contributed by atoms with Crippen LogP contribution >= 0.6 is 0 Å². The Morgan fingerprint density at radius 1 is 0.935 bits per heavy atom. The van der Waals surface area contributed by atoms with E-state index < -0.39 is 10.0 Å². The topological polar surface area (TPSA) is 88.6 Å². The second-order valence-electron chi connectivity index (χ2n) is 8.30. The van der Waals surface area contributed by atoms with Crippen molar-refractivity contribution < 1.29 is 17.9 Å². The Morgan fingerprint density at radius 3 is 2.32 bits per heavy atom. The molecular formula is C23H29N3O4S. The van der Waals surface area contributed by atoms with E-state index in [1.54, 1.807) is 48.8 Å². The lowest BCUT2D eigenvalue weighted by Crippen LogP contribution is -2.50. The van der Waals surface area contributed by atoms with Gasteiger partial charge in [-0.05, 0) is 62.1 Å². The lowest BCUT2D eigenvalue weighted by Gasteiger charge is -2.33. The van der Waals surface area contributed by atoms with Gasteiger partial charge in [-0.2, -0.15) is 4.31 Å². The monoisotopic (exact) mass is 443 g/mol. The first-order valence-electron chi connectivity index (χ1n) is 11.0. The molecule has 1 saturated heterocycles. The number of piperidine rings is 1. The molecule has 0 spiro atoms. The maximum absolute atomic E-state index is 13.2. The van der Waals surface area contributed by atoms with Crippen LogP contribution < -0.4 is 10.1 Å². The van der Waals surface area contributed by atoms with E-state index in [9.17, 15) is 13.2 Å². The molecule has 1 N–H and O–H groups in total. The number of carbonyl (C=O) groups is 1. The average molecular weight is 444 g/mol. The number of hydrogen-bond donors (Lipinski definition) is 1. The zero-order chi connectivity index (χ0) is 21.7. The number of sulfonamides is 1. The molecule has 4 rings (SSSR count). The quantitative estimate of drug-likeness (QED) is 0.735. The molecule has 1 aromatic heterocycles. The summed E-state index contributed by atoms with van der Waals surface area (Å²) in [5.41, 5.74) is 0. The van der Waals surface area contributed by atoms with E-state index in [4.69, 9.17) is 4.74 Å². The third-order valence-electron chi connectivity index (χ3n) is 6.05. The predicted octanol–water partition coefficient (Wildman–Crippen LogP) is 3.72. The van der Waals surface area contributed by atoms with Gasteiger partial charge in [-0.3, -0.25) is 9.78 Å². The van der Waals surface area contributed by atoms with E-state index >= 15 is 0 Å². The van der Waals surface area contributed by atoms with Gasteiger partial charge in [0.15, 0.2) is 0 Å². The number of hydrogen-bond acceptors (Lipinski definition) is 5. The molecule has 2 heterocycles. The normalized spacial score (nSPS) is 20.8. The standard InChI is InChI=1S/C23H29N3O4S/c27-23(18-5-2-1-3-6-18)25-19-7-4-16-26(17-19)31(28,29)22-10-8-20(9-11-22)30-21-12-14-24-15-13-21/h8-15,18-19H,1-7,16-17H2,(H,25,27). The average Bonchev–Trinajstić information content (AvgIpc) is 2.81. The SMILES string of the molecule is O=C(NC1CCCN(S(=O)(=O)c2ccc(Oc3ccncc3)cc2)C1)C1CCCCC1. The van der Waals surface area contributed by atoms with Crippen LogP contribution in [0.2, 0.25) is 0 Å². The summed E-state index contributed by atoms with van der Waals surface area (Å²) in [6.07, 6.45) is 10.1. The molecule has 1 amide bonds. The minimum atomic E-state index is -3.63. The Balaban J connectivity index is 1.38. The fraction of sp³-hybridized carbons (Fsp3) is 0.478. The zero-order valence-electron chi connectivity index (χ0n) is 17.6. The third kappa shape index (κ3) is 5.43. The third-order valence-corrected chi connectivity index (χ3v) is 7.93. The maximum atomic E-state index is 13.2. The lowest BCUT2D eigenvalue weighted by atomic mass is 9.88. The van der Waals surface area contributed by atoms with Crippen LogP contribution in [0.1, 0.15) is 44.9 Å². The van der Waals surface area contributed by atoms with Gasteiger partial charge in [0.05, 0.1) is 4.90 Å². The highest BCUT2D eigenvalue weighted by molar-refractivity contribution is 7.89. The van der Waals surface area contributed by atoms with Gasteiger partial charge in [-0.25, -0.2) is 8.42 Å². The Hall–Kier alpha value is -2.45. The number of carbonyl (C=O) groups excluding carboxylic acids is 1. The number of benzene rings is 1. The molecule has 1 atom stereocenters. The van der Waals surface area contributed by atoms with E-state index in [0.29, 0.717) is 24.6 Å². The molecule has 2 fully saturated rings. The van der Waals surface area contributed by atoms with Gasteiger partial charge in [0.25, 0.3) is 0 Å². The van der Waals surface area contributed by atoms with Gasteiger partial charge in [0.1, 0.15) is 11.5 Å². The molecule has 2 aromatic rings. The van der Waals surface area contributed by atoms with Gasteiger partial charge in [-0.1, -0.05) is 19.3 Å². The molecule has 1 aromatic carbocycles. The van der Waals surface area contributed by atoms with Gasteiger partial charge in [0.2, 0.25) is 15.9 Å². The van der Waals surface area contributed by atoms with Crippen LogP contribution in [0.5, 0.6) is 11.5 Å². The van der Waals surface area contributed by atoms with E-state index in [0.717, 1.165) is 38.5 Å². The van der Waals surface area contributed by atoms with Crippen molar-refractivity contribution in [3.63, 3.8) is 0 Å². The first-order chi connectivity index (χ1) is 15.0. The van der Waals surface area contributed by atoms with Crippen molar-refractivity contribution >= 4 is 15.9 Å². The number of amides is 1. The van der Waals surface area contributed by atoms with Crippen molar-refractivity contribution in [3.05, 3.63) is 48.8 Å². The van der Waals surface area contributed by atoms with Gasteiger partial charge < -0.3 is 10.1 Å². The molecular weight excluding hydrogens is 414 g/mol. The van der Waals surface area contributed by atoms with E-state index in [1.165, 1.54) is 10.7 Å². The smallest absolute Gasteiger partial charge is 0.243 e. The van der Waals surface area contributed by atoms with Gasteiger partial charge in [0, 0.05) is 37.4 Å². The Kier molecular flexibility index (Phi) is 6.87. The van der Waals surface area contributed by atoms with Crippen molar-refractivity contribution in [1.29, 1.82) is 0 Å². The minimum Gasteiger partial charge on any atom is -0.457 e. The molecule has 7 nitrogen and oxygen atoms in total. The first kappa shape index (κ1) is 21.8. The first-order valence-corrected chi connectivity index (χ1v) is 12.4. The number of nitrogens with zero attached hydrogens (tertiary/aromatic N) is 2. The molecule has 8 heteroatoms. The highest BCUT2D eigenvalue weighted by Crippen LogP contribution is 2.27. The lowest BCUT2D eigenvalue weighted by molar-refractivity contribution is -0.126. The molecule has 1 unspecified atom stereocenters. The van der Waals surface area contributed by atoms with Crippen LogP contribution in [0, 0.1) is 5.92 Å². The molecule has 166 valence electrons. The van der Waals surface area contributed by atoms with Crippen LogP contribution in [0.3, 0.4) is 0 Å². The largest absolute Gasteiger partial charge is 0.457 e. The van der Waals surface area contributed by atoms with E-state index in [2.05, 4.69) is 10.3 Å². The highest BCUT2D eigenvalue weighted by Gasteiger charge is 2.32. The Morgan fingerprint density at radius 2 is 1.61 bits per heavy atom. The Labute approximate surface area is 183 Å². The molecule has 31 heavy (non-hydrogen) atoms. The van der Waals surface area contributed by atoms with E-state index in [1.807, 2.05) is 0 Å². The summed E-state index contributed by atoms with van der Waals surface area (Å²) in [6, 6.07) is 9.78. The highest BCUT2D eigenvalue weighted by atomic mass is 32.2. The number of rotatable bonds is 6.